The van der Waals surface area contributed by atoms with Crippen molar-refractivity contribution in [3.8, 4) is 0 Å². The molecule has 1 rings (SSSR count). The van der Waals surface area contributed by atoms with Gasteiger partial charge in [0, 0.05) is 25.9 Å². The number of nitrogens with two attached hydrogens (primary N) is 1. The molecule has 0 bridgehead atoms. The topological polar surface area (TPSA) is 58.7 Å². The van der Waals surface area contributed by atoms with Crippen molar-refractivity contribution in [3.05, 3.63) is 0 Å². The van der Waals surface area contributed by atoms with E-state index in [0.717, 1.165) is 13.1 Å². The normalized spacial score (nSPS) is 23.8. The summed E-state index contributed by atoms with van der Waals surface area (Å²) in [5, 5.41) is 9.53. The maximum absolute atomic E-state index is 9.53. The number of nitrogens with zero attached hydrogens (tertiary/aromatic N) is 1. The molecular weight excluding hydrogens is 180 g/mol. The average Bonchev–Trinajstić information content (AvgIpc) is 2.01. The number of piperidine rings is 1. The van der Waals surface area contributed by atoms with Gasteiger partial charge < -0.3 is 15.6 Å². The van der Waals surface area contributed by atoms with E-state index >= 15 is 0 Å². The summed E-state index contributed by atoms with van der Waals surface area (Å²) < 4.78 is 5.64. The number of hydrogen-bond acceptors (Lipinski definition) is 4. The first-order valence-electron chi connectivity index (χ1n) is 5.16. The van der Waals surface area contributed by atoms with Crippen LogP contribution in [0, 0.1) is 0 Å². The third-order valence-electron chi connectivity index (χ3n) is 2.40. The predicted octanol–water partition coefficient (Wildman–Crippen LogP) is 0.502. The standard InChI is InChI=1S/C10H22N2O2/c1-9(2,3)14-8-12-6-4-10(11,13)5-7-12/h13H,4-8,11H2,1-3H3. The van der Waals surface area contributed by atoms with Crippen LogP contribution in [0.3, 0.4) is 0 Å². The molecule has 4 heteroatoms. The maximum Gasteiger partial charge on any atom is 0.116 e. The van der Waals surface area contributed by atoms with Gasteiger partial charge in [0.25, 0.3) is 0 Å². The van der Waals surface area contributed by atoms with Gasteiger partial charge in [-0.2, -0.15) is 0 Å². The fourth-order valence-corrected chi connectivity index (χ4v) is 1.35. The highest BCUT2D eigenvalue weighted by molar-refractivity contribution is 4.79. The Morgan fingerprint density at radius 2 is 1.86 bits per heavy atom. The Balaban J connectivity index is 2.23. The van der Waals surface area contributed by atoms with E-state index < -0.39 is 5.72 Å². The van der Waals surface area contributed by atoms with E-state index in [4.69, 9.17) is 10.5 Å². The smallest absolute Gasteiger partial charge is 0.116 e. The van der Waals surface area contributed by atoms with E-state index in [9.17, 15) is 5.11 Å². The van der Waals surface area contributed by atoms with Crippen molar-refractivity contribution in [2.45, 2.75) is 44.9 Å². The van der Waals surface area contributed by atoms with E-state index in [1.54, 1.807) is 0 Å². The summed E-state index contributed by atoms with van der Waals surface area (Å²) in [6, 6.07) is 0. The SMILES string of the molecule is CC(C)(C)OCN1CCC(N)(O)CC1. The average molecular weight is 202 g/mol. The van der Waals surface area contributed by atoms with Crippen LogP contribution in [0.15, 0.2) is 0 Å². The van der Waals surface area contributed by atoms with E-state index in [1.165, 1.54) is 0 Å². The van der Waals surface area contributed by atoms with Crippen LogP contribution in [-0.4, -0.2) is 41.2 Å². The van der Waals surface area contributed by atoms with Crippen molar-refractivity contribution < 1.29 is 9.84 Å². The lowest BCUT2D eigenvalue weighted by Gasteiger charge is -2.36. The Labute approximate surface area is 86.0 Å². The minimum Gasteiger partial charge on any atom is -0.376 e. The van der Waals surface area contributed by atoms with E-state index in [1.807, 2.05) is 20.8 Å². The second-order valence-corrected chi connectivity index (χ2v) is 5.11. The molecule has 0 aliphatic carbocycles. The van der Waals surface area contributed by atoms with Gasteiger partial charge in [-0.25, -0.2) is 0 Å². The lowest BCUT2D eigenvalue weighted by atomic mass is 10.0. The van der Waals surface area contributed by atoms with Crippen LogP contribution in [0.5, 0.6) is 0 Å². The second kappa shape index (κ2) is 4.14. The van der Waals surface area contributed by atoms with Gasteiger partial charge in [0.05, 0.1) is 12.3 Å². The minimum absolute atomic E-state index is 0.101. The van der Waals surface area contributed by atoms with Crippen LogP contribution in [0.1, 0.15) is 33.6 Å². The predicted molar refractivity (Wildman–Crippen MR) is 55.6 cm³/mol. The lowest BCUT2D eigenvalue weighted by molar-refractivity contribution is -0.0927. The van der Waals surface area contributed by atoms with Crippen LogP contribution in [0.2, 0.25) is 0 Å². The highest BCUT2D eigenvalue weighted by Crippen LogP contribution is 2.17. The van der Waals surface area contributed by atoms with Crippen LogP contribution >= 0.6 is 0 Å². The first-order chi connectivity index (χ1) is 6.29. The number of aliphatic hydroxyl groups is 1. The van der Waals surface area contributed by atoms with Crippen molar-refractivity contribution in [2.24, 2.45) is 5.73 Å². The van der Waals surface area contributed by atoms with Gasteiger partial charge in [-0.15, -0.1) is 0 Å². The van der Waals surface area contributed by atoms with Gasteiger partial charge in [0.15, 0.2) is 0 Å². The molecule has 3 N–H and O–H groups in total. The molecule has 4 nitrogen and oxygen atoms in total. The van der Waals surface area contributed by atoms with E-state index in [0.29, 0.717) is 19.6 Å². The Bertz CT molecular complexity index is 177. The van der Waals surface area contributed by atoms with Crippen LogP contribution in [0.25, 0.3) is 0 Å². The van der Waals surface area contributed by atoms with Crippen molar-refractivity contribution in [1.29, 1.82) is 0 Å². The van der Waals surface area contributed by atoms with Gasteiger partial charge in [0.2, 0.25) is 0 Å². The van der Waals surface area contributed by atoms with Gasteiger partial charge in [-0.3, -0.25) is 4.90 Å². The van der Waals surface area contributed by atoms with Gasteiger partial charge in [-0.1, -0.05) is 0 Å². The fourth-order valence-electron chi connectivity index (χ4n) is 1.35. The monoisotopic (exact) mass is 202 g/mol. The molecule has 0 aromatic carbocycles. The highest BCUT2D eigenvalue weighted by Gasteiger charge is 2.28. The molecule has 84 valence electrons. The Hall–Kier alpha value is -0.160. The molecule has 0 spiro atoms. The largest absolute Gasteiger partial charge is 0.376 e. The summed E-state index contributed by atoms with van der Waals surface area (Å²) >= 11 is 0. The summed E-state index contributed by atoms with van der Waals surface area (Å²) in [6.07, 6.45) is 1.25. The Kier molecular flexibility index (Phi) is 3.53. The Morgan fingerprint density at radius 3 is 2.29 bits per heavy atom. The first kappa shape index (κ1) is 11.9. The van der Waals surface area contributed by atoms with Crippen LogP contribution in [-0.2, 0) is 4.74 Å². The molecule has 1 aliphatic rings. The van der Waals surface area contributed by atoms with E-state index in [2.05, 4.69) is 4.90 Å². The molecule has 1 heterocycles. The maximum atomic E-state index is 9.53. The van der Waals surface area contributed by atoms with Crippen LogP contribution in [0.4, 0.5) is 0 Å². The summed E-state index contributed by atoms with van der Waals surface area (Å²) in [4.78, 5) is 2.17. The molecule has 0 aromatic rings. The zero-order chi connectivity index (χ0) is 10.8. The molecule has 1 aliphatic heterocycles. The first-order valence-corrected chi connectivity index (χ1v) is 5.16. The van der Waals surface area contributed by atoms with Crippen molar-refractivity contribution in [3.63, 3.8) is 0 Å². The summed E-state index contributed by atoms with van der Waals surface area (Å²) in [6.45, 7) is 8.36. The molecule has 0 saturated carbocycles. The summed E-state index contributed by atoms with van der Waals surface area (Å²) in [7, 11) is 0. The van der Waals surface area contributed by atoms with Crippen molar-refractivity contribution in [1.82, 2.24) is 4.90 Å². The number of rotatable bonds is 2. The quantitative estimate of drug-likeness (QED) is 0.640. The Morgan fingerprint density at radius 1 is 1.36 bits per heavy atom. The summed E-state index contributed by atoms with van der Waals surface area (Å²) in [5.74, 6) is 0. The zero-order valence-electron chi connectivity index (χ0n) is 9.42. The van der Waals surface area contributed by atoms with E-state index in [-0.39, 0.29) is 5.60 Å². The van der Waals surface area contributed by atoms with Gasteiger partial charge in [0.1, 0.15) is 5.72 Å². The molecule has 0 aromatic heterocycles. The van der Waals surface area contributed by atoms with Crippen molar-refractivity contribution >= 4 is 0 Å². The molecule has 0 amide bonds. The van der Waals surface area contributed by atoms with Crippen molar-refractivity contribution in [2.75, 3.05) is 19.8 Å². The third-order valence-corrected chi connectivity index (χ3v) is 2.40. The second-order valence-electron chi connectivity index (χ2n) is 5.11. The molecule has 0 radical (unpaired) electrons. The molecule has 0 atom stereocenters. The van der Waals surface area contributed by atoms with Gasteiger partial charge in [-0.05, 0) is 20.8 Å². The molecule has 1 fully saturated rings. The third kappa shape index (κ3) is 4.37. The molecular formula is C10H22N2O2. The highest BCUT2D eigenvalue weighted by atomic mass is 16.5. The van der Waals surface area contributed by atoms with Crippen LogP contribution < -0.4 is 5.73 Å². The molecule has 0 unspecified atom stereocenters. The number of hydrogen-bond donors (Lipinski definition) is 2. The zero-order valence-corrected chi connectivity index (χ0v) is 9.42. The van der Waals surface area contributed by atoms with Gasteiger partial charge >= 0.3 is 0 Å². The number of ether oxygens (including phenoxy) is 1. The fraction of sp³-hybridized carbons (Fsp3) is 1.00. The number of likely N-dealkylation sites (tertiary alicyclic amines) is 1. The molecule has 1 saturated heterocycles. The summed E-state index contributed by atoms with van der Waals surface area (Å²) in [5.41, 5.74) is 4.55. The minimum atomic E-state index is -0.960. The lowest BCUT2D eigenvalue weighted by Crippen LogP contribution is -2.51. The molecule has 14 heavy (non-hydrogen) atoms.